The van der Waals surface area contributed by atoms with Gasteiger partial charge < -0.3 is 10.6 Å². The lowest BCUT2D eigenvalue weighted by molar-refractivity contribution is 0.177. The van der Waals surface area contributed by atoms with Crippen LogP contribution in [0.4, 0.5) is 0 Å². The van der Waals surface area contributed by atoms with Gasteiger partial charge in [0.05, 0.1) is 0 Å². The van der Waals surface area contributed by atoms with Crippen molar-refractivity contribution < 1.29 is 0 Å². The maximum absolute atomic E-state index is 4.13. The zero-order chi connectivity index (χ0) is 22.3. The van der Waals surface area contributed by atoms with Crippen LogP contribution >= 0.6 is 0 Å². The van der Waals surface area contributed by atoms with E-state index < -0.39 is 0 Å². The molecule has 0 atom stereocenters. The van der Waals surface area contributed by atoms with Crippen molar-refractivity contribution in [1.82, 2.24) is 10.6 Å². The summed E-state index contributed by atoms with van der Waals surface area (Å²) >= 11 is 0. The molecular formula is C30H56N2. The third kappa shape index (κ3) is 8.00. The zero-order valence-corrected chi connectivity index (χ0v) is 21.9. The average Bonchev–Trinajstić information content (AvgIpc) is 2.79. The van der Waals surface area contributed by atoms with E-state index in [9.17, 15) is 0 Å². The van der Waals surface area contributed by atoms with Gasteiger partial charge in [-0.15, -0.1) is 0 Å². The highest BCUT2D eigenvalue weighted by atomic mass is 15.0. The van der Waals surface area contributed by atoms with E-state index in [1.807, 2.05) is 0 Å². The molecule has 0 saturated heterocycles. The fourth-order valence-corrected chi connectivity index (χ4v) is 8.01. The molecule has 2 nitrogen and oxygen atoms in total. The molecule has 0 aliphatic heterocycles. The smallest absolute Gasteiger partial charge is 0.00698 e. The summed E-state index contributed by atoms with van der Waals surface area (Å²) in [6, 6.07) is 3.12. The Morgan fingerprint density at radius 3 is 1.22 bits per heavy atom. The first-order valence-corrected chi connectivity index (χ1v) is 15.1. The van der Waals surface area contributed by atoms with Crippen LogP contribution in [0.15, 0.2) is 0 Å². The third-order valence-corrected chi connectivity index (χ3v) is 10.0. The summed E-state index contributed by atoms with van der Waals surface area (Å²) in [6.07, 6.45) is 26.8. The molecule has 4 rings (SSSR count). The van der Waals surface area contributed by atoms with Gasteiger partial charge in [-0.3, -0.25) is 0 Å². The van der Waals surface area contributed by atoms with Crippen LogP contribution in [0.3, 0.4) is 0 Å². The number of hydrogen-bond donors (Lipinski definition) is 2. The van der Waals surface area contributed by atoms with Gasteiger partial charge in [0.2, 0.25) is 0 Å². The van der Waals surface area contributed by atoms with Crippen molar-refractivity contribution in [3.63, 3.8) is 0 Å². The van der Waals surface area contributed by atoms with Gasteiger partial charge in [-0.25, -0.2) is 0 Å². The summed E-state index contributed by atoms with van der Waals surface area (Å²) in [5.74, 6) is 5.17. The fraction of sp³-hybridized carbons (Fsp3) is 1.00. The molecule has 0 bridgehead atoms. The van der Waals surface area contributed by atoms with E-state index >= 15 is 0 Å². The Hall–Kier alpha value is -0.0800. The van der Waals surface area contributed by atoms with Crippen LogP contribution in [-0.2, 0) is 0 Å². The average molecular weight is 445 g/mol. The van der Waals surface area contributed by atoms with Crippen LogP contribution < -0.4 is 10.6 Å². The van der Waals surface area contributed by atoms with Gasteiger partial charge in [0.15, 0.2) is 0 Å². The lowest BCUT2D eigenvalue weighted by atomic mass is 9.74. The lowest BCUT2D eigenvalue weighted by Crippen LogP contribution is -2.42. The van der Waals surface area contributed by atoms with Gasteiger partial charge in [0.1, 0.15) is 0 Å². The molecule has 4 aliphatic rings. The van der Waals surface area contributed by atoms with Crippen LogP contribution in [-0.4, -0.2) is 24.2 Å². The SMILES string of the molecule is CC1CCC(CC2CCC(NC3CCC(CC4CCC(NC(C)C)CC4)CC3)CC2)CC1. The Balaban J connectivity index is 1.06. The Kier molecular flexibility index (Phi) is 9.83. The zero-order valence-electron chi connectivity index (χ0n) is 21.9. The molecule has 0 unspecified atom stereocenters. The van der Waals surface area contributed by atoms with E-state index in [4.69, 9.17) is 0 Å². The summed E-state index contributed by atoms with van der Waals surface area (Å²) < 4.78 is 0. The molecule has 4 fully saturated rings. The topological polar surface area (TPSA) is 24.1 Å². The minimum atomic E-state index is 0.648. The van der Waals surface area contributed by atoms with Crippen LogP contribution in [0.25, 0.3) is 0 Å². The molecule has 0 heterocycles. The minimum Gasteiger partial charge on any atom is -0.312 e. The highest BCUT2D eigenvalue weighted by molar-refractivity contribution is 4.86. The second-order valence-electron chi connectivity index (χ2n) is 13.2. The van der Waals surface area contributed by atoms with Crippen molar-refractivity contribution in [3.8, 4) is 0 Å². The molecule has 0 amide bonds. The highest BCUT2D eigenvalue weighted by Crippen LogP contribution is 2.38. The maximum atomic E-state index is 4.13. The van der Waals surface area contributed by atoms with E-state index in [0.717, 1.165) is 47.7 Å². The van der Waals surface area contributed by atoms with Crippen molar-refractivity contribution in [2.24, 2.45) is 29.6 Å². The molecule has 0 spiro atoms. The standard InChI is InChI=1S/C30H56N2/c1-22(2)31-28-14-8-25(9-15-28)21-27-12-18-30(19-13-27)32-29-16-10-26(11-17-29)20-24-6-4-23(3)5-7-24/h22-32H,4-21H2,1-3H3. The highest BCUT2D eigenvalue weighted by Gasteiger charge is 2.30. The van der Waals surface area contributed by atoms with Gasteiger partial charge >= 0.3 is 0 Å². The monoisotopic (exact) mass is 444 g/mol. The second-order valence-corrected chi connectivity index (χ2v) is 13.2. The molecule has 4 aliphatic carbocycles. The first-order valence-electron chi connectivity index (χ1n) is 15.1. The number of nitrogens with one attached hydrogen (secondary N) is 2. The Labute approximate surface area is 200 Å². The molecular weight excluding hydrogens is 388 g/mol. The summed E-state index contributed by atoms with van der Waals surface area (Å²) in [5, 5.41) is 7.89. The molecule has 4 saturated carbocycles. The van der Waals surface area contributed by atoms with Crippen LogP contribution in [0, 0.1) is 29.6 Å². The van der Waals surface area contributed by atoms with Crippen molar-refractivity contribution in [1.29, 1.82) is 0 Å². The minimum absolute atomic E-state index is 0.648. The largest absolute Gasteiger partial charge is 0.312 e. The first-order chi connectivity index (χ1) is 15.5. The fourth-order valence-electron chi connectivity index (χ4n) is 8.01. The predicted molar refractivity (Wildman–Crippen MR) is 139 cm³/mol. The van der Waals surface area contributed by atoms with Gasteiger partial charge in [-0.2, -0.15) is 0 Å². The van der Waals surface area contributed by atoms with Crippen molar-refractivity contribution >= 4 is 0 Å². The molecule has 2 N–H and O–H groups in total. The molecule has 186 valence electrons. The van der Waals surface area contributed by atoms with Gasteiger partial charge in [-0.05, 0) is 119 Å². The quantitative estimate of drug-likeness (QED) is 0.398. The third-order valence-electron chi connectivity index (χ3n) is 10.0. The number of hydrogen-bond acceptors (Lipinski definition) is 2. The summed E-state index contributed by atoms with van der Waals surface area (Å²) in [5.41, 5.74) is 0. The molecule has 32 heavy (non-hydrogen) atoms. The van der Waals surface area contributed by atoms with Crippen molar-refractivity contribution in [2.75, 3.05) is 0 Å². The molecule has 0 aromatic heterocycles. The second kappa shape index (κ2) is 12.6. The van der Waals surface area contributed by atoms with E-state index in [-0.39, 0.29) is 0 Å². The maximum Gasteiger partial charge on any atom is 0.00698 e. The van der Waals surface area contributed by atoms with Gasteiger partial charge in [-0.1, -0.05) is 46.5 Å². The van der Waals surface area contributed by atoms with E-state index in [2.05, 4.69) is 31.4 Å². The van der Waals surface area contributed by atoms with Crippen molar-refractivity contribution in [2.45, 2.75) is 161 Å². The van der Waals surface area contributed by atoms with E-state index in [1.165, 1.54) is 109 Å². The van der Waals surface area contributed by atoms with Crippen LogP contribution in [0.5, 0.6) is 0 Å². The predicted octanol–water partition coefficient (Wildman–Crippen LogP) is 7.86. The summed E-state index contributed by atoms with van der Waals surface area (Å²) in [7, 11) is 0. The molecule has 0 aromatic carbocycles. The van der Waals surface area contributed by atoms with Crippen LogP contribution in [0.1, 0.15) is 136 Å². The molecule has 2 heteroatoms. The van der Waals surface area contributed by atoms with Gasteiger partial charge in [0.25, 0.3) is 0 Å². The van der Waals surface area contributed by atoms with E-state index in [0.29, 0.717) is 6.04 Å². The Morgan fingerprint density at radius 2 is 0.844 bits per heavy atom. The van der Waals surface area contributed by atoms with Crippen molar-refractivity contribution in [3.05, 3.63) is 0 Å². The lowest BCUT2D eigenvalue weighted by Gasteiger charge is -2.38. The van der Waals surface area contributed by atoms with Crippen LogP contribution in [0.2, 0.25) is 0 Å². The Morgan fingerprint density at radius 1 is 0.500 bits per heavy atom. The molecule has 0 aromatic rings. The Bertz CT molecular complexity index is 499. The molecule has 0 radical (unpaired) electrons. The first kappa shape index (κ1) is 25.0. The van der Waals surface area contributed by atoms with E-state index in [1.54, 1.807) is 6.42 Å². The summed E-state index contributed by atoms with van der Waals surface area (Å²) in [4.78, 5) is 0. The normalized spacial score (nSPS) is 41.6. The van der Waals surface area contributed by atoms with Gasteiger partial charge in [0, 0.05) is 24.2 Å². The summed E-state index contributed by atoms with van der Waals surface area (Å²) in [6.45, 7) is 7.04. The number of rotatable bonds is 8.